The summed E-state index contributed by atoms with van der Waals surface area (Å²) in [6.07, 6.45) is 0. The average Bonchev–Trinajstić information content (AvgIpc) is 2.90. The minimum absolute atomic E-state index is 0.531. The van der Waals surface area contributed by atoms with Crippen molar-refractivity contribution >= 4 is 27.9 Å². The van der Waals surface area contributed by atoms with Crippen LogP contribution in [0, 0.1) is 0 Å². The fourth-order valence-electron chi connectivity index (χ4n) is 2.05. The van der Waals surface area contributed by atoms with E-state index in [-0.39, 0.29) is 0 Å². The minimum Gasteiger partial charge on any atom is -0.389 e. The van der Waals surface area contributed by atoms with Crippen molar-refractivity contribution in [1.29, 1.82) is 0 Å². The highest BCUT2D eigenvalue weighted by Gasteiger charge is 2.12. The molecule has 0 bridgehead atoms. The van der Waals surface area contributed by atoms with Crippen molar-refractivity contribution in [2.75, 3.05) is 5.73 Å². The number of benzene rings is 2. The summed E-state index contributed by atoms with van der Waals surface area (Å²) in [7, 11) is 0. The molecule has 0 saturated heterocycles. The summed E-state index contributed by atoms with van der Waals surface area (Å²) in [5.74, 6) is 0. The van der Waals surface area contributed by atoms with Gasteiger partial charge in [-0.2, -0.15) is 0 Å². The summed E-state index contributed by atoms with van der Waals surface area (Å²) in [4.78, 5) is 4.65. The summed E-state index contributed by atoms with van der Waals surface area (Å²) >= 11 is 7.39. The first-order valence-electron chi connectivity index (χ1n) is 6.49. The molecule has 1 aromatic heterocycles. The van der Waals surface area contributed by atoms with Gasteiger partial charge in [0.25, 0.3) is 0 Å². The van der Waals surface area contributed by atoms with Crippen molar-refractivity contribution in [1.82, 2.24) is 4.98 Å². The van der Waals surface area contributed by atoms with Crippen molar-refractivity contribution in [3.05, 3.63) is 59.1 Å². The SMILES string of the molecule is NCc1ccc(-c2nc(-c3ccc(Cl)cc3)sc2N)cc1. The summed E-state index contributed by atoms with van der Waals surface area (Å²) in [6.45, 7) is 0.531. The molecule has 0 unspecified atom stereocenters. The fourth-order valence-corrected chi connectivity index (χ4v) is 3.04. The minimum atomic E-state index is 0.531. The number of hydrogen-bond acceptors (Lipinski definition) is 4. The Labute approximate surface area is 132 Å². The normalized spacial score (nSPS) is 10.8. The van der Waals surface area contributed by atoms with E-state index in [1.54, 1.807) is 0 Å². The third kappa shape index (κ3) is 2.93. The molecule has 1 heterocycles. The number of halogens is 1. The van der Waals surface area contributed by atoms with E-state index in [0.717, 1.165) is 27.4 Å². The topological polar surface area (TPSA) is 64.9 Å². The van der Waals surface area contributed by atoms with Crippen LogP contribution in [0.4, 0.5) is 5.00 Å². The zero-order chi connectivity index (χ0) is 14.8. The zero-order valence-corrected chi connectivity index (χ0v) is 12.8. The Balaban J connectivity index is 1.98. The summed E-state index contributed by atoms with van der Waals surface area (Å²) in [5.41, 5.74) is 15.6. The summed E-state index contributed by atoms with van der Waals surface area (Å²) in [5, 5.41) is 2.31. The number of nitrogens with two attached hydrogens (primary N) is 2. The largest absolute Gasteiger partial charge is 0.389 e. The maximum Gasteiger partial charge on any atom is 0.126 e. The maximum absolute atomic E-state index is 6.12. The van der Waals surface area contributed by atoms with Gasteiger partial charge in [-0.15, -0.1) is 0 Å². The molecule has 0 radical (unpaired) electrons. The fraction of sp³-hybridized carbons (Fsp3) is 0.0625. The average molecular weight is 316 g/mol. The predicted molar refractivity (Wildman–Crippen MR) is 90.3 cm³/mol. The van der Waals surface area contributed by atoms with E-state index in [1.807, 2.05) is 48.5 Å². The predicted octanol–water partition coefficient (Wildman–Crippen LogP) is 4.17. The Bertz CT molecular complexity index is 748. The molecule has 0 atom stereocenters. The first-order valence-corrected chi connectivity index (χ1v) is 7.68. The van der Waals surface area contributed by atoms with Gasteiger partial charge in [0, 0.05) is 22.7 Å². The first-order chi connectivity index (χ1) is 10.2. The number of anilines is 1. The van der Waals surface area contributed by atoms with Crippen LogP contribution in [0.1, 0.15) is 5.56 Å². The molecule has 4 N–H and O–H groups in total. The van der Waals surface area contributed by atoms with Gasteiger partial charge < -0.3 is 11.5 Å². The van der Waals surface area contributed by atoms with Gasteiger partial charge in [-0.05, 0) is 17.7 Å². The molecule has 106 valence electrons. The van der Waals surface area contributed by atoms with Crippen molar-refractivity contribution in [3.63, 3.8) is 0 Å². The van der Waals surface area contributed by atoms with Crippen LogP contribution in [0.15, 0.2) is 48.5 Å². The Morgan fingerprint density at radius 1 is 0.952 bits per heavy atom. The van der Waals surface area contributed by atoms with Gasteiger partial charge in [-0.3, -0.25) is 0 Å². The molecular formula is C16H14ClN3S. The Morgan fingerprint density at radius 2 is 1.57 bits per heavy atom. The second-order valence-electron chi connectivity index (χ2n) is 4.64. The Hall–Kier alpha value is -1.88. The van der Waals surface area contributed by atoms with Crippen LogP contribution in [0.25, 0.3) is 21.8 Å². The van der Waals surface area contributed by atoms with Crippen LogP contribution in [0.2, 0.25) is 5.02 Å². The summed E-state index contributed by atoms with van der Waals surface area (Å²) < 4.78 is 0. The van der Waals surface area contributed by atoms with Crippen LogP contribution in [0.3, 0.4) is 0 Å². The Kier molecular flexibility index (Phi) is 3.92. The quantitative estimate of drug-likeness (QED) is 0.762. The lowest BCUT2D eigenvalue weighted by Gasteiger charge is -2.00. The molecule has 5 heteroatoms. The van der Waals surface area contributed by atoms with Crippen LogP contribution in [-0.2, 0) is 6.54 Å². The van der Waals surface area contributed by atoms with E-state index in [1.165, 1.54) is 11.3 Å². The van der Waals surface area contributed by atoms with Crippen molar-refractivity contribution < 1.29 is 0 Å². The van der Waals surface area contributed by atoms with Crippen LogP contribution in [-0.4, -0.2) is 4.98 Å². The van der Waals surface area contributed by atoms with Crippen molar-refractivity contribution in [3.8, 4) is 21.8 Å². The third-order valence-corrected chi connectivity index (χ3v) is 4.39. The second-order valence-corrected chi connectivity index (χ2v) is 6.11. The molecule has 3 nitrogen and oxygen atoms in total. The smallest absolute Gasteiger partial charge is 0.126 e. The number of rotatable bonds is 3. The molecule has 0 saturated carbocycles. The highest BCUT2D eigenvalue weighted by molar-refractivity contribution is 7.19. The van der Waals surface area contributed by atoms with E-state index < -0.39 is 0 Å². The molecule has 0 amide bonds. The van der Waals surface area contributed by atoms with Crippen LogP contribution >= 0.6 is 22.9 Å². The van der Waals surface area contributed by atoms with E-state index in [9.17, 15) is 0 Å². The van der Waals surface area contributed by atoms with Crippen LogP contribution in [0.5, 0.6) is 0 Å². The monoisotopic (exact) mass is 315 g/mol. The molecule has 3 rings (SSSR count). The van der Waals surface area contributed by atoms with Gasteiger partial charge in [0.15, 0.2) is 0 Å². The zero-order valence-electron chi connectivity index (χ0n) is 11.2. The van der Waals surface area contributed by atoms with E-state index in [4.69, 9.17) is 23.1 Å². The number of nitrogen functional groups attached to an aromatic ring is 1. The van der Waals surface area contributed by atoms with Gasteiger partial charge in [-0.1, -0.05) is 59.3 Å². The second kappa shape index (κ2) is 5.85. The molecule has 3 aromatic rings. The van der Waals surface area contributed by atoms with Gasteiger partial charge in [0.2, 0.25) is 0 Å². The lowest BCUT2D eigenvalue weighted by molar-refractivity contribution is 1.07. The standard InChI is InChI=1S/C16H14ClN3S/c17-13-7-5-12(6-8-13)16-20-14(15(19)21-16)11-3-1-10(9-18)2-4-11/h1-8H,9,18-19H2. The van der Waals surface area contributed by atoms with Gasteiger partial charge >= 0.3 is 0 Å². The number of thiazole rings is 1. The molecule has 0 spiro atoms. The number of aromatic nitrogens is 1. The van der Waals surface area contributed by atoms with Gasteiger partial charge in [0.1, 0.15) is 15.7 Å². The first kappa shape index (κ1) is 14.1. The highest BCUT2D eigenvalue weighted by Crippen LogP contribution is 2.36. The lowest BCUT2D eigenvalue weighted by Crippen LogP contribution is -1.95. The van der Waals surface area contributed by atoms with Crippen molar-refractivity contribution in [2.45, 2.75) is 6.54 Å². The van der Waals surface area contributed by atoms with E-state index in [0.29, 0.717) is 16.6 Å². The lowest BCUT2D eigenvalue weighted by atomic mass is 10.1. The Morgan fingerprint density at radius 3 is 2.19 bits per heavy atom. The molecule has 0 aliphatic carbocycles. The van der Waals surface area contributed by atoms with Crippen molar-refractivity contribution in [2.24, 2.45) is 5.73 Å². The van der Waals surface area contributed by atoms with Crippen LogP contribution < -0.4 is 11.5 Å². The highest BCUT2D eigenvalue weighted by atomic mass is 35.5. The molecule has 0 aliphatic heterocycles. The van der Waals surface area contributed by atoms with E-state index >= 15 is 0 Å². The number of nitrogens with zero attached hydrogens (tertiary/aromatic N) is 1. The third-order valence-electron chi connectivity index (χ3n) is 3.21. The van der Waals surface area contributed by atoms with E-state index in [2.05, 4.69) is 4.98 Å². The summed E-state index contributed by atoms with van der Waals surface area (Å²) in [6, 6.07) is 15.6. The molecule has 0 fully saturated rings. The van der Waals surface area contributed by atoms with Gasteiger partial charge in [-0.25, -0.2) is 4.98 Å². The molecular weight excluding hydrogens is 302 g/mol. The molecule has 2 aromatic carbocycles. The number of hydrogen-bond donors (Lipinski definition) is 2. The molecule has 21 heavy (non-hydrogen) atoms. The van der Waals surface area contributed by atoms with Gasteiger partial charge in [0.05, 0.1) is 0 Å². The molecule has 0 aliphatic rings. The maximum atomic E-state index is 6.12.